The molecule has 110 valence electrons. The van der Waals surface area contributed by atoms with E-state index in [-0.39, 0.29) is 11.9 Å². The van der Waals surface area contributed by atoms with Gasteiger partial charge in [-0.1, -0.05) is 18.2 Å². The number of nitrogens with zero attached hydrogens (tertiary/aromatic N) is 1. The molecule has 1 aromatic rings. The smallest absolute Gasteiger partial charge is 0.224 e. The molecule has 1 unspecified atom stereocenters. The number of hydrogen-bond donors (Lipinski definition) is 1. The molecule has 0 aliphatic carbocycles. The molecule has 1 atom stereocenters. The summed E-state index contributed by atoms with van der Waals surface area (Å²) in [5, 5.41) is 3.07. The van der Waals surface area contributed by atoms with Gasteiger partial charge in [0.15, 0.2) is 0 Å². The molecule has 1 fully saturated rings. The summed E-state index contributed by atoms with van der Waals surface area (Å²) in [7, 11) is 1.89. The Labute approximate surface area is 122 Å². The Bertz CT molecular complexity index is 470. The van der Waals surface area contributed by atoms with Crippen LogP contribution in [0.2, 0.25) is 0 Å². The highest BCUT2D eigenvalue weighted by molar-refractivity contribution is 5.77. The zero-order valence-corrected chi connectivity index (χ0v) is 12.9. The van der Waals surface area contributed by atoms with E-state index in [2.05, 4.69) is 42.3 Å². The van der Waals surface area contributed by atoms with Crippen molar-refractivity contribution in [3.8, 4) is 0 Å². The summed E-state index contributed by atoms with van der Waals surface area (Å²) >= 11 is 0. The van der Waals surface area contributed by atoms with Gasteiger partial charge in [0.05, 0.1) is 6.04 Å². The average molecular weight is 274 g/mol. The molecule has 1 aliphatic rings. The van der Waals surface area contributed by atoms with Gasteiger partial charge in [0.25, 0.3) is 0 Å². The largest absolute Gasteiger partial charge is 0.336 e. The quantitative estimate of drug-likeness (QED) is 0.915. The highest BCUT2D eigenvalue weighted by atomic mass is 16.2. The lowest BCUT2D eigenvalue weighted by Gasteiger charge is -2.37. The Morgan fingerprint density at radius 2 is 2.15 bits per heavy atom. The number of aryl methyl sites for hydroxylation is 1. The fourth-order valence-electron chi connectivity index (χ4n) is 3.06. The van der Waals surface area contributed by atoms with Crippen molar-refractivity contribution in [3.63, 3.8) is 0 Å². The molecule has 0 radical (unpaired) electrons. The number of carbonyl (C=O) groups is 1. The zero-order valence-electron chi connectivity index (χ0n) is 12.9. The maximum absolute atomic E-state index is 12.4. The molecule has 1 N–H and O–H groups in total. The molecule has 0 aromatic heterocycles. The summed E-state index contributed by atoms with van der Waals surface area (Å²) < 4.78 is 0. The van der Waals surface area contributed by atoms with Crippen LogP contribution in [0, 0.1) is 13.8 Å². The van der Waals surface area contributed by atoms with Crippen molar-refractivity contribution in [2.75, 3.05) is 20.1 Å². The summed E-state index contributed by atoms with van der Waals surface area (Å²) in [6.45, 7) is 5.99. The Morgan fingerprint density at radius 1 is 1.35 bits per heavy atom. The minimum Gasteiger partial charge on any atom is -0.336 e. The van der Waals surface area contributed by atoms with Crippen LogP contribution in [0.3, 0.4) is 0 Å². The van der Waals surface area contributed by atoms with Gasteiger partial charge in [-0.2, -0.15) is 0 Å². The molecule has 0 bridgehead atoms. The number of piperidine rings is 1. The molecule has 3 heteroatoms. The van der Waals surface area contributed by atoms with Crippen molar-refractivity contribution < 1.29 is 4.79 Å². The van der Waals surface area contributed by atoms with Gasteiger partial charge in [-0.15, -0.1) is 0 Å². The second-order valence-electron chi connectivity index (χ2n) is 5.74. The number of rotatable bonds is 4. The van der Waals surface area contributed by atoms with Crippen molar-refractivity contribution in [2.45, 2.75) is 45.6 Å². The molecule has 0 spiro atoms. The van der Waals surface area contributed by atoms with Crippen LogP contribution in [0.15, 0.2) is 18.2 Å². The Balaban J connectivity index is 2.22. The maximum atomic E-state index is 12.4. The lowest BCUT2D eigenvalue weighted by Crippen LogP contribution is -2.39. The average Bonchev–Trinajstić information content (AvgIpc) is 2.47. The Kier molecular flexibility index (Phi) is 5.18. The summed E-state index contributed by atoms with van der Waals surface area (Å²) in [6, 6.07) is 6.72. The van der Waals surface area contributed by atoms with E-state index in [9.17, 15) is 4.79 Å². The second kappa shape index (κ2) is 6.89. The predicted octanol–water partition coefficient (Wildman–Crippen LogP) is 2.97. The maximum Gasteiger partial charge on any atom is 0.224 e. The summed E-state index contributed by atoms with van der Waals surface area (Å²) in [6.07, 6.45) is 4.04. The van der Waals surface area contributed by atoms with Crippen LogP contribution in [-0.2, 0) is 4.79 Å². The molecule has 1 heterocycles. The lowest BCUT2D eigenvalue weighted by atomic mass is 9.90. The van der Waals surface area contributed by atoms with Crippen LogP contribution in [-0.4, -0.2) is 30.9 Å². The second-order valence-corrected chi connectivity index (χ2v) is 5.74. The van der Waals surface area contributed by atoms with E-state index in [1.165, 1.54) is 23.1 Å². The van der Waals surface area contributed by atoms with Crippen LogP contribution >= 0.6 is 0 Å². The molecule has 1 aromatic carbocycles. The minimum atomic E-state index is 0.271. The van der Waals surface area contributed by atoms with E-state index >= 15 is 0 Å². The number of likely N-dealkylation sites (tertiary alicyclic amines) is 1. The monoisotopic (exact) mass is 274 g/mol. The van der Waals surface area contributed by atoms with Crippen LogP contribution < -0.4 is 5.32 Å². The minimum absolute atomic E-state index is 0.271. The first-order valence-corrected chi connectivity index (χ1v) is 7.65. The zero-order chi connectivity index (χ0) is 14.5. The molecular formula is C17H26N2O. The number of nitrogens with one attached hydrogen (secondary N) is 1. The van der Waals surface area contributed by atoms with Crippen molar-refractivity contribution in [1.29, 1.82) is 0 Å². The molecule has 2 rings (SSSR count). The molecular weight excluding hydrogens is 248 g/mol. The van der Waals surface area contributed by atoms with E-state index in [1.54, 1.807) is 0 Å². The first-order valence-electron chi connectivity index (χ1n) is 7.65. The predicted molar refractivity (Wildman–Crippen MR) is 82.8 cm³/mol. The van der Waals surface area contributed by atoms with E-state index < -0.39 is 0 Å². The normalized spacial score (nSPS) is 19.1. The highest BCUT2D eigenvalue weighted by Gasteiger charge is 2.28. The number of benzene rings is 1. The fraction of sp³-hybridized carbons (Fsp3) is 0.588. The van der Waals surface area contributed by atoms with Crippen LogP contribution in [0.5, 0.6) is 0 Å². The van der Waals surface area contributed by atoms with E-state index in [0.29, 0.717) is 6.42 Å². The number of amides is 1. The van der Waals surface area contributed by atoms with Gasteiger partial charge in [0.2, 0.25) is 5.91 Å². The molecule has 1 aliphatic heterocycles. The standard InChI is InChI=1S/C17H26N2O/c1-13-7-6-8-15(14(13)2)16-9-4-5-12-19(16)17(20)10-11-18-3/h6-8,16,18H,4-5,9-12H2,1-3H3. The van der Waals surface area contributed by atoms with Gasteiger partial charge in [-0.25, -0.2) is 0 Å². The first kappa shape index (κ1) is 15.0. The topological polar surface area (TPSA) is 32.3 Å². The van der Waals surface area contributed by atoms with Crippen molar-refractivity contribution in [1.82, 2.24) is 10.2 Å². The summed E-state index contributed by atoms with van der Waals surface area (Å²) in [5.41, 5.74) is 3.99. The third-order valence-electron chi connectivity index (χ3n) is 4.42. The number of carbonyl (C=O) groups excluding carboxylic acids is 1. The molecule has 3 nitrogen and oxygen atoms in total. The molecule has 1 saturated heterocycles. The van der Waals surface area contributed by atoms with Gasteiger partial charge in [-0.05, 0) is 56.8 Å². The van der Waals surface area contributed by atoms with E-state index in [0.717, 1.165) is 25.9 Å². The van der Waals surface area contributed by atoms with Crippen molar-refractivity contribution in [3.05, 3.63) is 34.9 Å². The van der Waals surface area contributed by atoms with Crippen LogP contribution in [0.25, 0.3) is 0 Å². The fourth-order valence-corrected chi connectivity index (χ4v) is 3.06. The van der Waals surface area contributed by atoms with Crippen molar-refractivity contribution in [2.24, 2.45) is 0 Å². The van der Waals surface area contributed by atoms with Gasteiger partial charge in [0, 0.05) is 19.5 Å². The third-order valence-corrected chi connectivity index (χ3v) is 4.42. The van der Waals surface area contributed by atoms with Crippen LogP contribution in [0.1, 0.15) is 48.4 Å². The third kappa shape index (κ3) is 3.21. The van der Waals surface area contributed by atoms with E-state index in [4.69, 9.17) is 0 Å². The van der Waals surface area contributed by atoms with E-state index in [1.807, 2.05) is 7.05 Å². The summed E-state index contributed by atoms with van der Waals surface area (Å²) in [4.78, 5) is 14.5. The van der Waals surface area contributed by atoms with Gasteiger partial charge in [-0.3, -0.25) is 4.79 Å². The highest BCUT2D eigenvalue weighted by Crippen LogP contribution is 2.33. The molecule has 1 amide bonds. The lowest BCUT2D eigenvalue weighted by molar-refractivity contribution is -0.135. The summed E-state index contributed by atoms with van der Waals surface area (Å²) in [5.74, 6) is 0.282. The van der Waals surface area contributed by atoms with Crippen LogP contribution in [0.4, 0.5) is 0 Å². The Hall–Kier alpha value is -1.35. The Morgan fingerprint density at radius 3 is 2.90 bits per heavy atom. The van der Waals surface area contributed by atoms with Gasteiger partial charge in [0.1, 0.15) is 0 Å². The molecule has 0 saturated carbocycles. The SMILES string of the molecule is CNCCC(=O)N1CCCCC1c1cccc(C)c1C. The van der Waals surface area contributed by atoms with Crippen molar-refractivity contribution >= 4 is 5.91 Å². The number of hydrogen-bond acceptors (Lipinski definition) is 2. The van der Waals surface area contributed by atoms with Gasteiger partial charge >= 0.3 is 0 Å². The first-order chi connectivity index (χ1) is 9.65. The van der Waals surface area contributed by atoms with Gasteiger partial charge < -0.3 is 10.2 Å². The molecule has 20 heavy (non-hydrogen) atoms.